The summed E-state index contributed by atoms with van der Waals surface area (Å²) >= 11 is 2.42. The van der Waals surface area contributed by atoms with Crippen LogP contribution in [0.1, 0.15) is 19.8 Å². The number of rotatable bonds is 3. The topological polar surface area (TPSA) is 23.6 Å². The highest BCUT2D eigenvalue weighted by molar-refractivity contribution is 14.1. The zero-order valence-corrected chi connectivity index (χ0v) is 10.7. The van der Waals surface area contributed by atoms with Crippen LogP contribution in [-0.4, -0.2) is 51.9 Å². The minimum atomic E-state index is 0.339. The first-order valence-corrected chi connectivity index (χ1v) is 6.90. The van der Waals surface area contributed by atoms with Crippen molar-refractivity contribution < 1.29 is 4.79 Å². The van der Waals surface area contributed by atoms with Gasteiger partial charge in [-0.1, -0.05) is 29.5 Å². The first-order valence-electron chi connectivity index (χ1n) is 5.37. The Kier molecular flexibility index (Phi) is 3.31. The number of alkyl halides is 1. The van der Waals surface area contributed by atoms with Crippen molar-refractivity contribution in [3.8, 4) is 0 Å². The zero-order valence-electron chi connectivity index (χ0n) is 8.58. The minimum absolute atomic E-state index is 0.339. The summed E-state index contributed by atoms with van der Waals surface area (Å²) in [5.41, 5.74) is 0. The number of fused-ring (bicyclic) bond motifs is 1. The Bertz CT molecular complexity index is 234. The van der Waals surface area contributed by atoms with Crippen LogP contribution in [0.15, 0.2) is 0 Å². The number of piperazine rings is 1. The second kappa shape index (κ2) is 4.35. The summed E-state index contributed by atoms with van der Waals surface area (Å²) in [4.78, 5) is 16.2. The van der Waals surface area contributed by atoms with Gasteiger partial charge in [-0.2, -0.15) is 0 Å². The normalized spacial score (nSPS) is 31.4. The predicted octanol–water partition coefficient (Wildman–Crippen LogP) is 1.12. The van der Waals surface area contributed by atoms with E-state index in [4.69, 9.17) is 0 Å². The van der Waals surface area contributed by atoms with Crippen LogP contribution in [0.5, 0.6) is 0 Å². The molecule has 1 aliphatic carbocycles. The van der Waals surface area contributed by atoms with E-state index < -0.39 is 0 Å². The average Bonchev–Trinajstić information content (AvgIpc) is 2.97. The van der Waals surface area contributed by atoms with Crippen molar-refractivity contribution in [3.63, 3.8) is 0 Å². The molecule has 0 N–H and O–H groups in total. The quantitative estimate of drug-likeness (QED) is 0.576. The molecular formula is C10H17IN2O. The van der Waals surface area contributed by atoms with Crippen molar-refractivity contribution in [2.24, 2.45) is 0 Å². The van der Waals surface area contributed by atoms with E-state index in [0.29, 0.717) is 24.4 Å². The number of nitrogens with zero attached hydrogens (tertiary/aromatic N) is 2. The SMILES string of the molecule is CCC(=O)N1CCN(CCI)C2CC21. The second-order valence-electron chi connectivity index (χ2n) is 4.04. The molecule has 0 aromatic heterocycles. The lowest BCUT2D eigenvalue weighted by Crippen LogP contribution is -2.48. The van der Waals surface area contributed by atoms with E-state index in [2.05, 4.69) is 32.4 Å². The molecule has 14 heavy (non-hydrogen) atoms. The maximum atomic E-state index is 11.6. The summed E-state index contributed by atoms with van der Waals surface area (Å²) < 4.78 is 1.20. The summed E-state index contributed by atoms with van der Waals surface area (Å²) in [5.74, 6) is 0.339. The third-order valence-electron chi connectivity index (χ3n) is 3.22. The van der Waals surface area contributed by atoms with E-state index in [1.54, 1.807) is 0 Å². The first-order chi connectivity index (χ1) is 6.77. The molecule has 2 rings (SSSR count). The Morgan fingerprint density at radius 2 is 2.21 bits per heavy atom. The van der Waals surface area contributed by atoms with Gasteiger partial charge in [-0.05, 0) is 6.42 Å². The van der Waals surface area contributed by atoms with Gasteiger partial charge in [-0.3, -0.25) is 9.69 Å². The molecule has 0 radical (unpaired) electrons. The molecule has 0 bridgehead atoms. The Hall–Kier alpha value is 0.160. The predicted molar refractivity (Wildman–Crippen MR) is 64.7 cm³/mol. The lowest BCUT2D eigenvalue weighted by Gasteiger charge is -2.33. The lowest BCUT2D eigenvalue weighted by atomic mass is 10.3. The van der Waals surface area contributed by atoms with E-state index in [9.17, 15) is 4.79 Å². The third-order valence-corrected chi connectivity index (χ3v) is 3.70. The Morgan fingerprint density at radius 1 is 1.43 bits per heavy atom. The van der Waals surface area contributed by atoms with Crippen molar-refractivity contribution in [2.45, 2.75) is 31.8 Å². The van der Waals surface area contributed by atoms with E-state index in [1.807, 2.05) is 6.92 Å². The third kappa shape index (κ3) is 1.91. The fourth-order valence-corrected chi connectivity index (χ4v) is 2.98. The van der Waals surface area contributed by atoms with Gasteiger partial charge in [-0.25, -0.2) is 0 Å². The Balaban J connectivity index is 1.90. The number of halogens is 1. The maximum Gasteiger partial charge on any atom is 0.222 e. The molecule has 1 aliphatic heterocycles. The number of carbonyl (C=O) groups is 1. The molecule has 1 saturated heterocycles. The molecule has 2 unspecified atom stereocenters. The van der Waals surface area contributed by atoms with Gasteiger partial charge < -0.3 is 4.90 Å². The van der Waals surface area contributed by atoms with E-state index in [1.165, 1.54) is 17.4 Å². The molecule has 2 fully saturated rings. The molecule has 2 aliphatic rings. The summed E-state index contributed by atoms with van der Waals surface area (Å²) in [6, 6.07) is 1.24. The van der Waals surface area contributed by atoms with Crippen molar-refractivity contribution in [1.29, 1.82) is 0 Å². The number of amides is 1. The van der Waals surface area contributed by atoms with Crippen molar-refractivity contribution in [2.75, 3.05) is 24.1 Å². The van der Waals surface area contributed by atoms with Crippen molar-refractivity contribution >= 4 is 28.5 Å². The smallest absolute Gasteiger partial charge is 0.222 e. The molecule has 1 saturated carbocycles. The average molecular weight is 308 g/mol. The van der Waals surface area contributed by atoms with Crippen LogP contribution in [-0.2, 0) is 4.79 Å². The molecule has 3 nitrogen and oxygen atoms in total. The van der Waals surface area contributed by atoms with Gasteiger partial charge >= 0.3 is 0 Å². The van der Waals surface area contributed by atoms with Crippen LogP contribution < -0.4 is 0 Å². The van der Waals surface area contributed by atoms with Gasteiger partial charge in [0.15, 0.2) is 0 Å². The summed E-state index contributed by atoms with van der Waals surface area (Å²) in [6.07, 6.45) is 1.87. The minimum Gasteiger partial charge on any atom is -0.337 e. The largest absolute Gasteiger partial charge is 0.337 e. The number of hydrogen-bond acceptors (Lipinski definition) is 2. The van der Waals surface area contributed by atoms with Crippen LogP contribution in [0, 0.1) is 0 Å². The van der Waals surface area contributed by atoms with Crippen molar-refractivity contribution in [1.82, 2.24) is 9.80 Å². The van der Waals surface area contributed by atoms with Gasteiger partial charge in [0, 0.05) is 42.6 Å². The monoisotopic (exact) mass is 308 g/mol. The molecule has 1 heterocycles. The highest BCUT2D eigenvalue weighted by Gasteiger charge is 2.49. The Morgan fingerprint density at radius 3 is 2.86 bits per heavy atom. The number of hydrogen-bond donors (Lipinski definition) is 0. The standard InChI is InChI=1S/C10H17IN2O/c1-2-10(14)13-6-5-12(4-3-11)8-7-9(8)13/h8-9H,2-7H2,1H3. The van der Waals surface area contributed by atoms with Crippen molar-refractivity contribution in [3.05, 3.63) is 0 Å². The lowest BCUT2D eigenvalue weighted by molar-refractivity contribution is -0.133. The van der Waals surface area contributed by atoms with Crippen LogP contribution in [0.3, 0.4) is 0 Å². The summed E-state index contributed by atoms with van der Waals surface area (Å²) in [6.45, 7) is 5.17. The van der Waals surface area contributed by atoms with Crippen LogP contribution >= 0.6 is 22.6 Å². The summed E-state index contributed by atoms with van der Waals surface area (Å²) in [5, 5.41) is 0. The zero-order chi connectivity index (χ0) is 10.1. The van der Waals surface area contributed by atoms with Crippen LogP contribution in [0.25, 0.3) is 0 Å². The second-order valence-corrected chi connectivity index (χ2v) is 5.11. The highest BCUT2D eigenvalue weighted by Crippen LogP contribution is 2.36. The van der Waals surface area contributed by atoms with E-state index in [0.717, 1.165) is 13.1 Å². The molecule has 1 amide bonds. The number of carbonyl (C=O) groups excluding carboxylic acids is 1. The molecule has 2 atom stereocenters. The molecule has 4 heteroatoms. The molecule has 80 valence electrons. The Labute approximate surface area is 99.0 Å². The molecular weight excluding hydrogens is 291 g/mol. The van der Waals surface area contributed by atoms with Gasteiger partial charge in [-0.15, -0.1) is 0 Å². The van der Waals surface area contributed by atoms with Gasteiger partial charge in [0.2, 0.25) is 5.91 Å². The fraction of sp³-hybridized carbons (Fsp3) is 0.900. The van der Waals surface area contributed by atoms with E-state index >= 15 is 0 Å². The highest BCUT2D eigenvalue weighted by atomic mass is 127. The van der Waals surface area contributed by atoms with E-state index in [-0.39, 0.29) is 0 Å². The molecule has 0 aromatic rings. The van der Waals surface area contributed by atoms with Gasteiger partial charge in [0.1, 0.15) is 0 Å². The molecule has 0 spiro atoms. The van der Waals surface area contributed by atoms with Crippen LogP contribution in [0.4, 0.5) is 0 Å². The van der Waals surface area contributed by atoms with Gasteiger partial charge in [0.25, 0.3) is 0 Å². The summed E-state index contributed by atoms with van der Waals surface area (Å²) in [7, 11) is 0. The molecule has 0 aromatic carbocycles. The maximum absolute atomic E-state index is 11.6. The first kappa shape index (κ1) is 10.7. The van der Waals surface area contributed by atoms with Crippen LogP contribution in [0.2, 0.25) is 0 Å². The van der Waals surface area contributed by atoms with Gasteiger partial charge in [0.05, 0.1) is 0 Å². The fourth-order valence-electron chi connectivity index (χ4n) is 2.36.